The molecule has 10 heteroatoms. The molecule has 0 bridgehead atoms. The largest absolute Gasteiger partial charge is 0.391 e. The molecule has 0 amide bonds. The number of piperazine rings is 1. The van der Waals surface area contributed by atoms with Crippen molar-refractivity contribution in [1.29, 1.82) is 5.26 Å². The smallest absolute Gasteiger partial charge is 0.363 e. The summed E-state index contributed by atoms with van der Waals surface area (Å²) in [4.78, 5) is 18.8. The molecule has 4 N–H and O–H groups in total. The third-order valence-electron chi connectivity index (χ3n) is 4.33. The molecule has 1 fully saturated rings. The van der Waals surface area contributed by atoms with Crippen LogP contribution in [0.2, 0.25) is 0 Å². The molecule has 0 radical (unpaired) electrons. The second-order valence-electron chi connectivity index (χ2n) is 5.97. The number of aromatic nitrogens is 3. The maximum absolute atomic E-state index is 12.4. The third-order valence-corrected chi connectivity index (χ3v) is 4.33. The van der Waals surface area contributed by atoms with E-state index >= 15 is 0 Å². The fraction of sp³-hybridized carbons (Fsp3) is 0.533. The van der Waals surface area contributed by atoms with Crippen molar-refractivity contribution in [3.63, 3.8) is 0 Å². The minimum atomic E-state index is -3.38. The predicted molar refractivity (Wildman–Crippen MR) is 87.7 cm³/mol. The van der Waals surface area contributed by atoms with Crippen molar-refractivity contribution >= 4 is 11.3 Å². The third kappa shape index (κ3) is 3.10. The second-order valence-corrected chi connectivity index (χ2v) is 5.97. The van der Waals surface area contributed by atoms with Crippen LogP contribution in [0.4, 0.5) is 5.69 Å². The van der Waals surface area contributed by atoms with Crippen molar-refractivity contribution in [3.8, 4) is 6.07 Å². The van der Waals surface area contributed by atoms with Gasteiger partial charge in [0, 0.05) is 31.7 Å². The molecule has 134 valence electrons. The molecule has 1 aliphatic heterocycles. The lowest BCUT2D eigenvalue weighted by atomic mass is 10.1. The standard InChI is InChI=1S/C15H20N6O4/c1-2-11-8-17-5-6-19(11)12-7-13(22)21(15(23,24)25)20-9-10(3-4-16)18-14(12)20/h7,9,11,17,23-25H,2-3,5-6,8H2,1H3. The molecule has 2 aromatic rings. The van der Waals surface area contributed by atoms with Gasteiger partial charge < -0.3 is 25.5 Å². The number of imidazole rings is 1. The van der Waals surface area contributed by atoms with Crippen LogP contribution in [0.15, 0.2) is 17.1 Å². The minimum Gasteiger partial charge on any atom is -0.363 e. The number of fused-ring (bicyclic) bond motifs is 1. The summed E-state index contributed by atoms with van der Waals surface area (Å²) in [6, 6.07) is 3.33. The number of nitrogens with one attached hydrogen (secondary N) is 1. The summed E-state index contributed by atoms with van der Waals surface area (Å²) in [6.45, 7) is 4.18. The van der Waals surface area contributed by atoms with Gasteiger partial charge in [-0.25, -0.2) is 9.50 Å². The monoisotopic (exact) mass is 348 g/mol. The Kier molecular flexibility index (Phi) is 4.49. The van der Waals surface area contributed by atoms with Gasteiger partial charge in [-0.05, 0) is 6.42 Å². The van der Waals surface area contributed by atoms with E-state index < -0.39 is 11.7 Å². The predicted octanol–water partition coefficient (Wildman–Crippen LogP) is -1.71. The van der Waals surface area contributed by atoms with Gasteiger partial charge in [0.25, 0.3) is 5.56 Å². The summed E-state index contributed by atoms with van der Waals surface area (Å²) in [5.74, 6) is 0. The van der Waals surface area contributed by atoms with E-state index in [2.05, 4.69) is 10.3 Å². The van der Waals surface area contributed by atoms with Gasteiger partial charge in [-0.2, -0.15) is 9.94 Å². The molecule has 1 unspecified atom stereocenters. The first-order valence-electron chi connectivity index (χ1n) is 8.03. The van der Waals surface area contributed by atoms with Gasteiger partial charge in [-0.15, -0.1) is 0 Å². The quantitative estimate of drug-likeness (QED) is 0.479. The number of hydrogen-bond donors (Lipinski definition) is 4. The van der Waals surface area contributed by atoms with Gasteiger partial charge in [-0.1, -0.05) is 6.92 Å². The molecular formula is C15H20N6O4. The molecule has 0 spiro atoms. The number of rotatable bonds is 4. The molecule has 10 nitrogen and oxygen atoms in total. The van der Waals surface area contributed by atoms with E-state index in [0.29, 0.717) is 22.6 Å². The van der Waals surface area contributed by atoms with Crippen LogP contribution < -0.4 is 15.8 Å². The Morgan fingerprint density at radius 1 is 1.48 bits per heavy atom. The van der Waals surface area contributed by atoms with E-state index in [1.165, 1.54) is 12.3 Å². The van der Waals surface area contributed by atoms with Crippen LogP contribution in [0.3, 0.4) is 0 Å². The van der Waals surface area contributed by atoms with E-state index in [4.69, 9.17) is 5.26 Å². The summed E-state index contributed by atoms with van der Waals surface area (Å²) in [5.41, 5.74) is 0.356. The Morgan fingerprint density at radius 3 is 2.88 bits per heavy atom. The molecule has 0 aliphatic carbocycles. The van der Waals surface area contributed by atoms with Crippen molar-refractivity contribution in [3.05, 3.63) is 28.3 Å². The van der Waals surface area contributed by atoms with Crippen LogP contribution in [0.5, 0.6) is 0 Å². The van der Waals surface area contributed by atoms with Crippen LogP contribution in [0.25, 0.3) is 5.65 Å². The van der Waals surface area contributed by atoms with Crippen LogP contribution in [0.1, 0.15) is 19.0 Å². The Morgan fingerprint density at radius 2 is 2.24 bits per heavy atom. The van der Waals surface area contributed by atoms with Crippen LogP contribution in [-0.4, -0.2) is 55.2 Å². The summed E-state index contributed by atoms with van der Waals surface area (Å²) in [6.07, 6.45) is -1.21. The molecule has 1 atom stereocenters. The first-order chi connectivity index (χ1) is 11.9. The topological polar surface area (TPSA) is 139 Å². The van der Waals surface area contributed by atoms with Crippen molar-refractivity contribution in [2.24, 2.45) is 0 Å². The molecule has 1 aliphatic rings. The number of nitrogens with zero attached hydrogens (tertiary/aromatic N) is 5. The zero-order valence-corrected chi connectivity index (χ0v) is 13.8. The summed E-state index contributed by atoms with van der Waals surface area (Å²) < 4.78 is 1.46. The molecule has 0 aromatic carbocycles. The van der Waals surface area contributed by atoms with Gasteiger partial charge in [0.2, 0.25) is 0 Å². The van der Waals surface area contributed by atoms with E-state index in [1.807, 2.05) is 17.9 Å². The van der Waals surface area contributed by atoms with Crippen molar-refractivity contribution in [2.45, 2.75) is 31.9 Å². The van der Waals surface area contributed by atoms with Crippen LogP contribution in [-0.2, 0) is 12.5 Å². The van der Waals surface area contributed by atoms with Gasteiger partial charge in [0.1, 0.15) is 0 Å². The lowest BCUT2D eigenvalue weighted by molar-refractivity contribution is -0.384. The zero-order chi connectivity index (χ0) is 18.2. The highest BCUT2D eigenvalue weighted by Crippen LogP contribution is 2.25. The molecule has 3 heterocycles. The van der Waals surface area contributed by atoms with E-state index in [1.54, 1.807) is 0 Å². The molecule has 25 heavy (non-hydrogen) atoms. The first kappa shape index (κ1) is 17.4. The van der Waals surface area contributed by atoms with Gasteiger partial charge in [0.15, 0.2) is 5.65 Å². The average molecular weight is 348 g/mol. The lowest BCUT2D eigenvalue weighted by Gasteiger charge is -2.37. The Bertz CT molecular complexity index is 875. The van der Waals surface area contributed by atoms with Gasteiger partial charge in [-0.3, -0.25) is 4.79 Å². The fourth-order valence-electron chi connectivity index (χ4n) is 3.21. The Hall–Kier alpha value is -2.45. The van der Waals surface area contributed by atoms with Crippen molar-refractivity contribution in [2.75, 3.05) is 24.5 Å². The Labute approximate surface area is 143 Å². The second kappa shape index (κ2) is 6.45. The molecule has 3 rings (SSSR count). The number of anilines is 1. The Balaban J connectivity index is 2.26. The van der Waals surface area contributed by atoms with Crippen molar-refractivity contribution < 1.29 is 15.3 Å². The molecule has 2 aromatic heterocycles. The van der Waals surface area contributed by atoms with E-state index in [9.17, 15) is 20.1 Å². The summed E-state index contributed by atoms with van der Waals surface area (Å²) in [5, 5.41) is 40.8. The fourth-order valence-corrected chi connectivity index (χ4v) is 3.21. The highest BCUT2D eigenvalue weighted by molar-refractivity contribution is 5.69. The van der Waals surface area contributed by atoms with Crippen LogP contribution >= 0.6 is 0 Å². The maximum Gasteiger partial charge on any atom is 0.391 e. The zero-order valence-electron chi connectivity index (χ0n) is 13.8. The van der Waals surface area contributed by atoms with Gasteiger partial charge >= 0.3 is 6.10 Å². The average Bonchev–Trinajstić information content (AvgIpc) is 2.96. The molecular weight excluding hydrogens is 328 g/mol. The van der Waals surface area contributed by atoms with E-state index in [-0.39, 0.29) is 18.1 Å². The minimum absolute atomic E-state index is 0.0106. The number of hydrogen-bond acceptors (Lipinski definition) is 8. The SMILES string of the molecule is CCC1CNCCN1c1cc(=O)n(C(O)(O)O)n2cc(CC#N)nc12. The van der Waals surface area contributed by atoms with E-state index in [0.717, 1.165) is 24.0 Å². The number of aliphatic hydroxyl groups is 3. The lowest BCUT2D eigenvalue weighted by Crippen LogP contribution is -2.52. The summed E-state index contributed by atoms with van der Waals surface area (Å²) in [7, 11) is 0. The highest BCUT2D eigenvalue weighted by atomic mass is 16.7. The first-order valence-corrected chi connectivity index (χ1v) is 8.03. The molecule has 0 saturated carbocycles. The summed E-state index contributed by atoms with van der Waals surface area (Å²) >= 11 is 0. The normalized spacial score (nSPS) is 18.5. The highest BCUT2D eigenvalue weighted by Gasteiger charge is 2.30. The van der Waals surface area contributed by atoms with Gasteiger partial charge in [0.05, 0.1) is 30.1 Å². The van der Waals surface area contributed by atoms with Crippen LogP contribution in [0, 0.1) is 11.3 Å². The molecule has 1 saturated heterocycles. The number of nitriles is 1. The van der Waals surface area contributed by atoms with Crippen molar-refractivity contribution in [1.82, 2.24) is 19.5 Å². The maximum atomic E-state index is 12.4.